The maximum atomic E-state index is 12.4. The van der Waals surface area contributed by atoms with E-state index in [2.05, 4.69) is 5.32 Å². The zero-order valence-electron chi connectivity index (χ0n) is 9.80. The van der Waals surface area contributed by atoms with E-state index in [0.717, 1.165) is 45.3 Å². The van der Waals surface area contributed by atoms with E-state index in [0.29, 0.717) is 0 Å². The molecule has 2 unspecified atom stereocenters. The molecule has 0 aliphatic carbocycles. The fourth-order valence-corrected chi connectivity index (χ4v) is 3.31. The molecule has 3 saturated heterocycles. The Hall–Kier alpha value is -0.940. The lowest BCUT2D eigenvalue weighted by atomic mass is 9.79. The molecule has 4 atom stereocenters. The number of nitrogens with zero attached hydrogens (tertiary/aromatic N) is 1. The summed E-state index contributed by atoms with van der Waals surface area (Å²) in [4.78, 5) is 25.4. The van der Waals surface area contributed by atoms with Crippen LogP contribution in [0.5, 0.6) is 0 Å². The summed E-state index contributed by atoms with van der Waals surface area (Å²) in [7, 11) is 0. The van der Waals surface area contributed by atoms with Gasteiger partial charge < -0.3 is 19.7 Å². The lowest BCUT2D eigenvalue weighted by Crippen LogP contribution is -2.51. The minimum absolute atomic E-state index is 0.00522. The summed E-state index contributed by atoms with van der Waals surface area (Å²) in [6.45, 7) is 3.19. The van der Waals surface area contributed by atoms with Crippen molar-refractivity contribution in [2.24, 2.45) is 11.8 Å². The maximum absolute atomic E-state index is 12.4. The number of fused-ring (bicyclic) bond motifs is 2. The number of rotatable bonds is 2. The molecule has 2 bridgehead atoms. The Bertz CT molecular complexity index is 328. The molecule has 3 rings (SSSR count). The van der Waals surface area contributed by atoms with Gasteiger partial charge in [-0.15, -0.1) is 0 Å². The molecule has 3 aliphatic rings. The first-order chi connectivity index (χ1) is 8.31. The van der Waals surface area contributed by atoms with Gasteiger partial charge >= 0.3 is 0 Å². The predicted octanol–water partition coefficient (Wildman–Crippen LogP) is -0.589. The Kier molecular flexibility index (Phi) is 2.88. The van der Waals surface area contributed by atoms with Crippen LogP contribution in [0, 0.1) is 11.8 Å². The van der Waals surface area contributed by atoms with Crippen molar-refractivity contribution in [3.8, 4) is 0 Å². The molecule has 0 aromatic rings. The molecule has 0 saturated carbocycles. The molecular formula is C12H18N2O3. The summed E-state index contributed by atoms with van der Waals surface area (Å²) < 4.78 is 5.71. The minimum Gasteiger partial charge on any atom is -0.373 e. The van der Waals surface area contributed by atoms with Gasteiger partial charge in [-0.1, -0.05) is 0 Å². The second-order valence-electron chi connectivity index (χ2n) is 5.10. The Morgan fingerprint density at radius 1 is 1.24 bits per heavy atom. The molecule has 1 N–H and O–H groups in total. The lowest BCUT2D eigenvalue weighted by molar-refractivity contribution is -0.140. The molecule has 5 heteroatoms. The number of aldehydes is 1. The smallest absolute Gasteiger partial charge is 0.229 e. The number of ether oxygens (including phenoxy) is 1. The Morgan fingerprint density at radius 3 is 2.65 bits per heavy atom. The van der Waals surface area contributed by atoms with Gasteiger partial charge in [0.2, 0.25) is 5.91 Å². The summed E-state index contributed by atoms with van der Waals surface area (Å²) in [5.41, 5.74) is 0. The van der Waals surface area contributed by atoms with Crippen molar-refractivity contribution in [2.75, 3.05) is 26.2 Å². The van der Waals surface area contributed by atoms with Crippen LogP contribution in [0.25, 0.3) is 0 Å². The number of carbonyl (C=O) groups is 2. The summed E-state index contributed by atoms with van der Waals surface area (Å²) in [5.74, 6) is -0.309. The molecule has 0 radical (unpaired) electrons. The van der Waals surface area contributed by atoms with Crippen molar-refractivity contribution < 1.29 is 14.3 Å². The minimum atomic E-state index is -0.218. The van der Waals surface area contributed by atoms with Gasteiger partial charge in [0, 0.05) is 26.2 Å². The molecule has 1 amide bonds. The third kappa shape index (κ3) is 1.77. The normalized spacial score (nSPS) is 40.6. The summed E-state index contributed by atoms with van der Waals surface area (Å²) in [6, 6.07) is 0. The van der Waals surface area contributed by atoms with Crippen LogP contribution >= 0.6 is 0 Å². The van der Waals surface area contributed by atoms with Crippen molar-refractivity contribution in [1.29, 1.82) is 0 Å². The van der Waals surface area contributed by atoms with Gasteiger partial charge in [0.25, 0.3) is 0 Å². The van der Waals surface area contributed by atoms with Gasteiger partial charge in [-0.2, -0.15) is 0 Å². The summed E-state index contributed by atoms with van der Waals surface area (Å²) in [6.07, 6.45) is 2.76. The van der Waals surface area contributed by atoms with Crippen LogP contribution in [-0.4, -0.2) is 55.5 Å². The average Bonchev–Trinajstić information content (AvgIpc) is 2.98. The lowest BCUT2D eigenvalue weighted by Gasteiger charge is -2.33. The first-order valence-electron chi connectivity index (χ1n) is 6.41. The number of nitrogens with one attached hydrogen (secondary N) is 1. The fourth-order valence-electron chi connectivity index (χ4n) is 3.31. The molecule has 0 aromatic carbocycles. The van der Waals surface area contributed by atoms with Crippen molar-refractivity contribution in [1.82, 2.24) is 10.2 Å². The average molecular weight is 238 g/mol. The van der Waals surface area contributed by atoms with Crippen LogP contribution in [0.2, 0.25) is 0 Å². The topological polar surface area (TPSA) is 58.6 Å². The van der Waals surface area contributed by atoms with Crippen molar-refractivity contribution in [2.45, 2.75) is 25.0 Å². The molecule has 0 spiro atoms. The highest BCUT2D eigenvalue weighted by Gasteiger charge is 2.53. The molecule has 5 nitrogen and oxygen atoms in total. The molecule has 3 heterocycles. The zero-order chi connectivity index (χ0) is 11.8. The van der Waals surface area contributed by atoms with Gasteiger partial charge in [0.1, 0.15) is 6.29 Å². The number of piperazine rings is 1. The van der Waals surface area contributed by atoms with E-state index >= 15 is 0 Å². The molecule has 0 aromatic heterocycles. The van der Waals surface area contributed by atoms with Crippen LogP contribution in [0.4, 0.5) is 0 Å². The summed E-state index contributed by atoms with van der Waals surface area (Å²) >= 11 is 0. The third-order valence-corrected chi connectivity index (χ3v) is 4.20. The number of hydrogen-bond donors (Lipinski definition) is 1. The SMILES string of the molecule is O=CC1C(C(=O)N2CCNCC2)[C@@H]2CC[C@H]1O2. The van der Waals surface area contributed by atoms with E-state index < -0.39 is 0 Å². The predicted molar refractivity (Wildman–Crippen MR) is 60.4 cm³/mol. The van der Waals surface area contributed by atoms with Crippen LogP contribution in [0.3, 0.4) is 0 Å². The first-order valence-corrected chi connectivity index (χ1v) is 6.41. The largest absolute Gasteiger partial charge is 0.373 e. The van der Waals surface area contributed by atoms with Gasteiger partial charge in [0.05, 0.1) is 24.0 Å². The van der Waals surface area contributed by atoms with Crippen LogP contribution in [0.15, 0.2) is 0 Å². The Morgan fingerprint density at radius 2 is 1.94 bits per heavy atom. The number of carbonyl (C=O) groups excluding carboxylic acids is 2. The van der Waals surface area contributed by atoms with Gasteiger partial charge in [-0.05, 0) is 12.8 Å². The van der Waals surface area contributed by atoms with Crippen LogP contribution in [0.1, 0.15) is 12.8 Å². The van der Waals surface area contributed by atoms with Crippen molar-refractivity contribution >= 4 is 12.2 Å². The van der Waals surface area contributed by atoms with Crippen LogP contribution < -0.4 is 5.32 Å². The van der Waals surface area contributed by atoms with Crippen LogP contribution in [-0.2, 0) is 14.3 Å². The number of hydrogen-bond acceptors (Lipinski definition) is 4. The Labute approximate surface area is 100 Å². The Balaban J connectivity index is 1.74. The van der Waals surface area contributed by atoms with E-state index in [-0.39, 0.29) is 30.0 Å². The fraction of sp³-hybridized carbons (Fsp3) is 0.833. The highest BCUT2D eigenvalue weighted by atomic mass is 16.5. The monoisotopic (exact) mass is 238 g/mol. The van der Waals surface area contributed by atoms with Crippen molar-refractivity contribution in [3.05, 3.63) is 0 Å². The van der Waals surface area contributed by atoms with E-state index in [9.17, 15) is 9.59 Å². The molecule has 94 valence electrons. The molecule has 3 aliphatic heterocycles. The second-order valence-corrected chi connectivity index (χ2v) is 5.10. The zero-order valence-corrected chi connectivity index (χ0v) is 9.80. The van der Waals surface area contributed by atoms with E-state index in [1.807, 2.05) is 4.90 Å². The quantitative estimate of drug-likeness (QED) is 0.653. The molecule has 17 heavy (non-hydrogen) atoms. The highest BCUT2D eigenvalue weighted by molar-refractivity contribution is 5.83. The first kappa shape index (κ1) is 11.2. The van der Waals surface area contributed by atoms with E-state index in [1.165, 1.54) is 0 Å². The summed E-state index contributed by atoms with van der Waals surface area (Å²) in [5, 5.41) is 3.22. The maximum Gasteiger partial charge on any atom is 0.229 e. The molecule has 3 fully saturated rings. The standard InChI is InChI=1S/C12H18N2O3/c15-7-8-9-1-2-10(17-9)11(8)12(16)14-5-3-13-4-6-14/h7-11,13H,1-6H2/t8?,9-,10+,11?/m1/s1. The second kappa shape index (κ2) is 4.38. The van der Waals surface area contributed by atoms with E-state index in [4.69, 9.17) is 4.74 Å². The van der Waals surface area contributed by atoms with Gasteiger partial charge in [0.15, 0.2) is 0 Å². The molecular weight excluding hydrogens is 220 g/mol. The van der Waals surface area contributed by atoms with Crippen molar-refractivity contribution in [3.63, 3.8) is 0 Å². The van der Waals surface area contributed by atoms with Gasteiger partial charge in [-0.25, -0.2) is 0 Å². The highest BCUT2D eigenvalue weighted by Crippen LogP contribution is 2.43. The third-order valence-electron chi connectivity index (χ3n) is 4.20. The van der Waals surface area contributed by atoms with Gasteiger partial charge in [-0.3, -0.25) is 4.79 Å². The van der Waals surface area contributed by atoms with E-state index in [1.54, 1.807) is 0 Å². The number of amides is 1.